The smallest absolute Gasteiger partial charge is 0.374 e. The number of aliphatic carboxylic acids is 1. The number of aromatic nitrogens is 2. The van der Waals surface area contributed by atoms with E-state index in [0.717, 1.165) is 0 Å². The molecule has 0 aliphatic carbocycles. The number of rotatable bonds is 3. The predicted molar refractivity (Wildman–Crippen MR) is 42.6 cm³/mol. The van der Waals surface area contributed by atoms with Crippen LogP contribution >= 0.6 is 15.9 Å². The molecule has 2 N–H and O–H groups in total. The van der Waals surface area contributed by atoms with E-state index in [2.05, 4.69) is 26.1 Å². The highest BCUT2D eigenvalue weighted by Crippen LogP contribution is 2.23. The van der Waals surface area contributed by atoms with Crippen LogP contribution in [0.25, 0.3) is 0 Å². The molecule has 1 aromatic heterocycles. The summed E-state index contributed by atoms with van der Waals surface area (Å²) in [4.78, 5) is 10.1. The molecule has 0 fully saturated rings. The standard InChI is InChI=1S/C6H5BrF2N2O2/c7-3-2-10-11-4(3)1-6(8,9)5(12)13/h2H,1H2,(H,10,11)(H,12,13). The molecule has 72 valence electrons. The van der Waals surface area contributed by atoms with Gasteiger partial charge in [0, 0.05) is 0 Å². The van der Waals surface area contributed by atoms with Gasteiger partial charge in [0.2, 0.25) is 0 Å². The topological polar surface area (TPSA) is 66.0 Å². The molecule has 1 aromatic rings. The van der Waals surface area contributed by atoms with Gasteiger partial charge in [0.1, 0.15) is 0 Å². The minimum Gasteiger partial charge on any atom is -0.477 e. The molecule has 0 aliphatic heterocycles. The first-order valence-electron chi connectivity index (χ1n) is 3.22. The summed E-state index contributed by atoms with van der Waals surface area (Å²) in [5, 5.41) is 13.9. The molecule has 7 heteroatoms. The Morgan fingerprint density at radius 3 is 2.77 bits per heavy atom. The fourth-order valence-corrected chi connectivity index (χ4v) is 1.05. The highest BCUT2D eigenvalue weighted by molar-refractivity contribution is 9.10. The second kappa shape index (κ2) is 3.41. The largest absolute Gasteiger partial charge is 0.477 e. The van der Waals surface area contributed by atoms with Gasteiger partial charge in [0.05, 0.1) is 22.8 Å². The molecule has 0 unspecified atom stereocenters. The average Bonchev–Trinajstić information content (AvgIpc) is 2.35. The number of H-pyrrole nitrogens is 1. The first-order chi connectivity index (χ1) is 5.93. The van der Waals surface area contributed by atoms with Crippen LogP contribution in [0.1, 0.15) is 5.69 Å². The molecule has 1 rings (SSSR count). The van der Waals surface area contributed by atoms with Crippen molar-refractivity contribution < 1.29 is 18.7 Å². The molecule has 0 radical (unpaired) electrons. The number of carbonyl (C=O) groups is 1. The maximum atomic E-state index is 12.6. The third-order valence-electron chi connectivity index (χ3n) is 1.38. The summed E-state index contributed by atoms with van der Waals surface area (Å²) >= 11 is 2.95. The average molecular weight is 255 g/mol. The highest BCUT2D eigenvalue weighted by atomic mass is 79.9. The lowest BCUT2D eigenvalue weighted by Crippen LogP contribution is -2.30. The first-order valence-corrected chi connectivity index (χ1v) is 4.02. The minimum absolute atomic E-state index is 0.0624. The van der Waals surface area contributed by atoms with Crippen LogP contribution in [-0.2, 0) is 11.2 Å². The van der Waals surface area contributed by atoms with Crippen LogP contribution in [0.15, 0.2) is 10.7 Å². The second-order valence-corrected chi connectivity index (χ2v) is 3.24. The Bertz CT molecular complexity index is 326. The van der Waals surface area contributed by atoms with E-state index >= 15 is 0 Å². The van der Waals surface area contributed by atoms with Gasteiger partial charge in [-0.05, 0) is 15.9 Å². The fraction of sp³-hybridized carbons (Fsp3) is 0.333. The molecule has 0 aromatic carbocycles. The third-order valence-corrected chi connectivity index (χ3v) is 2.06. The van der Waals surface area contributed by atoms with E-state index < -0.39 is 18.3 Å². The first kappa shape index (κ1) is 10.1. The van der Waals surface area contributed by atoms with Crippen LogP contribution < -0.4 is 0 Å². The zero-order valence-corrected chi connectivity index (χ0v) is 7.81. The Hall–Kier alpha value is -0.980. The monoisotopic (exact) mass is 254 g/mol. The molecule has 0 saturated heterocycles. The van der Waals surface area contributed by atoms with Crippen molar-refractivity contribution in [1.82, 2.24) is 10.2 Å². The van der Waals surface area contributed by atoms with E-state index in [0.29, 0.717) is 4.47 Å². The number of aromatic amines is 1. The molecule has 13 heavy (non-hydrogen) atoms. The van der Waals surface area contributed by atoms with E-state index in [1.54, 1.807) is 0 Å². The van der Waals surface area contributed by atoms with Crippen molar-refractivity contribution >= 4 is 21.9 Å². The number of hydrogen-bond donors (Lipinski definition) is 2. The van der Waals surface area contributed by atoms with Crippen molar-refractivity contribution in [3.63, 3.8) is 0 Å². The van der Waals surface area contributed by atoms with E-state index in [1.165, 1.54) is 6.20 Å². The molecule has 0 spiro atoms. The Morgan fingerprint density at radius 1 is 1.77 bits per heavy atom. The normalized spacial score (nSPS) is 11.6. The van der Waals surface area contributed by atoms with Crippen LogP contribution in [0.4, 0.5) is 8.78 Å². The van der Waals surface area contributed by atoms with Gasteiger partial charge in [-0.2, -0.15) is 13.9 Å². The van der Waals surface area contributed by atoms with Gasteiger partial charge < -0.3 is 5.11 Å². The van der Waals surface area contributed by atoms with Crippen molar-refractivity contribution in [2.24, 2.45) is 0 Å². The van der Waals surface area contributed by atoms with Gasteiger partial charge >= 0.3 is 11.9 Å². The number of halogens is 3. The predicted octanol–water partition coefficient (Wildman–Crippen LogP) is 1.43. The van der Waals surface area contributed by atoms with Gasteiger partial charge in [0.25, 0.3) is 0 Å². The molecule has 0 amide bonds. The van der Waals surface area contributed by atoms with E-state index in [1.807, 2.05) is 0 Å². The number of hydrogen-bond acceptors (Lipinski definition) is 2. The SMILES string of the molecule is O=C(O)C(F)(F)Cc1[nH]ncc1Br. The zero-order valence-electron chi connectivity index (χ0n) is 6.22. The molecular formula is C6H5BrF2N2O2. The summed E-state index contributed by atoms with van der Waals surface area (Å²) < 4.78 is 25.6. The molecule has 4 nitrogen and oxygen atoms in total. The van der Waals surface area contributed by atoms with Crippen LogP contribution in [-0.4, -0.2) is 27.2 Å². The Kier molecular flexibility index (Phi) is 2.65. The highest BCUT2D eigenvalue weighted by Gasteiger charge is 2.39. The van der Waals surface area contributed by atoms with Gasteiger partial charge in [-0.25, -0.2) is 4.79 Å². The molecule has 0 aliphatic rings. The summed E-state index contributed by atoms with van der Waals surface area (Å²) in [6.45, 7) is 0. The van der Waals surface area contributed by atoms with E-state index in [4.69, 9.17) is 5.11 Å². The van der Waals surface area contributed by atoms with E-state index in [-0.39, 0.29) is 5.69 Å². The van der Waals surface area contributed by atoms with Crippen LogP contribution in [0.2, 0.25) is 0 Å². The molecule has 0 saturated carbocycles. The molecule has 0 atom stereocenters. The summed E-state index contributed by atoms with van der Waals surface area (Å²) in [6, 6.07) is 0. The second-order valence-electron chi connectivity index (χ2n) is 2.38. The molecule has 0 bridgehead atoms. The maximum absolute atomic E-state index is 12.6. The fourth-order valence-electron chi connectivity index (χ4n) is 0.720. The minimum atomic E-state index is -3.77. The number of nitrogens with zero attached hydrogens (tertiary/aromatic N) is 1. The van der Waals surface area contributed by atoms with Gasteiger partial charge in [-0.1, -0.05) is 0 Å². The number of nitrogens with one attached hydrogen (secondary N) is 1. The Morgan fingerprint density at radius 2 is 2.38 bits per heavy atom. The van der Waals surface area contributed by atoms with Crippen LogP contribution in [0.3, 0.4) is 0 Å². The third kappa shape index (κ3) is 2.24. The Labute approximate surface area is 80.1 Å². The van der Waals surface area contributed by atoms with Crippen molar-refractivity contribution in [2.45, 2.75) is 12.3 Å². The van der Waals surface area contributed by atoms with Crippen LogP contribution in [0.5, 0.6) is 0 Å². The van der Waals surface area contributed by atoms with Crippen molar-refractivity contribution in [3.05, 3.63) is 16.4 Å². The van der Waals surface area contributed by atoms with Crippen molar-refractivity contribution in [3.8, 4) is 0 Å². The number of alkyl halides is 2. The van der Waals surface area contributed by atoms with Crippen molar-refractivity contribution in [2.75, 3.05) is 0 Å². The van der Waals surface area contributed by atoms with Crippen LogP contribution in [0, 0.1) is 0 Å². The summed E-state index contributed by atoms with van der Waals surface area (Å²) in [6.07, 6.45) is 0.385. The Balaban J connectivity index is 2.80. The molecule has 1 heterocycles. The lowest BCUT2D eigenvalue weighted by molar-refractivity contribution is -0.164. The summed E-state index contributed by atoms with van der Waals surface area (Å²) in [5.41, 5.74) is 0.0624. The van der Waals surface area contributed by atoms with Gasteiger partial charge in [0.15, 0.2) is 0 Å². The molecular weight excluding hydrogens is 250 g/mol. The maximum Gasteiger partial charge on any atom is 0.374 e. The zero-order chi connectivity index (χ0) is 10.1. The summed E-state index contributed by atoms with van der Waals surface area (Å²) in [5.74, 6) is -5.91. The van der Waals surface area contributed by atoms with Gasteiger partial charge in [-0.15, -0.1) is 0 Å². The van der Waals surface area contributed by atoms with Crippen molar-refractivity contribution in [1.29, 1.82) is 0 Å². The van der Waals surface area contributed by atoms with E-state index in [9.17, 15) is 13.6 Å². The number of carboxylic acid groups (broad SMARTS) is 1. The number of carboxylic acids is 1. The quantitative estimate of drug-likeness (QED) is 0.858. The van der Waals surface area contributed by atoms with Gasteiger partial charge in [-0.3, -0.25) is 5.10 Å². The summed E-state index contributed by atoms with van der Waals surface area (Å²) in [7, 11) is 0. The lowest BCUT2D eigenvalue weighted by atomic mass is 10.2. The lowest BCUT2D eigenvalue weighted by Gasteiger charge is -2.09.